The first-order valence-corrected chi connectivity index (χ1v) is 10.00. The fraction of sp³-hybridized carbons (Fsp3) is 0.389. The van der Waals surface area contributed by atoms with Gasteiger partial charge >= 0.3 is 0 Å². The summed E-state index contributed by atoms with van der Waals surface area (Å²) in [6.45, 7) is 2.40. The molecule has 26 heavy (non-hydrogen) atoms. The van der Waals surface area contributed by atoms with Crippen LogP contribution in [-0.2, 0) is 21.2 Å². The van der Waals surface area contributed by atoms with Gasteiger partial charge < -0.3 is 9.47 Å². The van der Waals surface area contributed by atoms with E-state index in [1.54, 1.807) is 19.2 Å². The Labute approximate surface area is 154 Å². The highest BCUT2D eigenvalue weighted by atomic mass is 32.2. The van der Waals surface area contributed by atoms with Gasteiger partial charge in [0.15, 0.2) is 0 Å². The Hall–Kier alpha value is -2.16. The zero-order valence-corrected chi connectivity index (χ0v) is 15.6. The molecule has 140 valence electrons. The van der Waals surface area contributed by atoms with Crippen LogP contribution in [0.3, 0.4) is 0 Å². The van der Waals surface area contributed by atoms with Crippen molar-refractivity contribution in [2.75, 3.05) is 45.3 Å². The zero-order chi connectivity index (χ0) is 18.4. The van der Waals surface area contributed by atoms with Gasteiger partial charge in [0.25, 0.3) is 5.82 Å². The van der Waals surface area contributed by atoms with Crippen LogP contribution >= 0.6 is 0 Å². The molecule has 1 fully saturated rings. The number of sulfonamides is 1. The quantitative estimate of drug-likeness (QED) is 0.783. The Morgan fingerprint density at radius 1 is 1.15 bits per heavy atom. The van der Waals surface area contributed by atoms with Crippen LogP contribution in [0.15, 0.2) is 47.5 Å². The highest BCUT2D eigenvalue weighted by Crippen LogP contribution is 2.16. The number of morpholine rings is 1. The van der Waals surface area contributed by atoms with Crippen LogP contribution in [0.4, 0.5) is 5.82 Å². The van der Waals surface area contributed by atoms with Gasteiger partial charge in [-0.1, -0.05) is 12.1 Å². The van der Waals surface area contributed by atoms with E-state index in [-0.39, 0.29) is 4.90 Å². The maximum atomic E-state index is 12.6. The van der Waals surface area contributed by atoms with Gasteiger partial charge in [0.1, 0.15) is 16.8 Å². The number of anilines is 1. The highest BCUT2D eigenvalue weighted by molar-refractivity contribution is 7.89. The first-order valence-electron chi connectivity index (χ1n) is 8.56. The maximum absolute atomic E-state index is 12.6. The average molecular weight is 378 g/mol. The lowest BCUT2D eigenvalue weighted by atomic mass is 10.1. The standard InChI is InChI=1S/C18H23N3O4S/c1-24-16-4-2-15(3-5-16)8-9-19-18-7-6-17(14-20-18)26(22,23)21-10-12-25-13-11-21/h2-7,14H,8-13H2,1H3,(H,19,20)/p+1. The van der Waals surface area contributed by atoms with Crippen molar-refractivity contribution in [1.29, 1.82) is 0 Å². The molecule has 2 N–H and O–H groups in total. The molecular formula is C18H24N3O4S+. The molecular weight excluding hydrogens is 354 g/mol. The van der Waals surface area contributed by atoms with E-state index in [1.165, 1.54) is 16.1 Å². The van der Waals surface area contributed by atoms with Gasteiger partial charge in [0.2, 0.25) is 10.0 Å². The van der Waals surface area contributed by atoms with Gasteiger partial charge in [0, 0.05) is 25.6 Å². The normalized spacial score (nSPS) is 15.6. The lowest BCUT2D eigenvalue weighted by Gasteiger charge is -2.25. The first kappa shape index (κ1) is 18.6. The summed E-state index contributed by atoms with van der Waals surface area (Å²) in [5.74, 6) is 1.62. The van der Waals surface area contributed by atoms with Crippen molar-refractivity contribution >= 4 is 15.8 Å². The second-order valence-electron chi connectivity index (χ2n) is 5.98. The molecule has 1 aromatic carbocycles. The van der Waals surface area contributed by atoms with Crippen LogP contribution in [0.1, 0.15) is 5.56 Å². The summed E-state index contributed by atoms with van der Waals surface area (Å²) in [6.07, 6.45) is 2.38. The molecule has 1 aliphatic rings. The van der Waals surface area contributed by atoms with Crippen molar-refractivity contribution in [1.82, 2.24) is 4.31 Å². The van der Waals surface area contributed by atoms with Gasteiger partial charge in [0.05, 0.1) is 26.9 Å². The van der Waals surface area contributed by atoms with E-state index in [1.807, 2.05) is 24.3 Å². The minimum atomic E-state index is -3.47. The van der Waals surface area contributed by atoms with Gasteiger partial charge in [-0.15, -0.1) is 0 Å². The summed E-state index contributed by atoms with van der Waals surface area (Å²) in [5, 5.41) is 3.26. The van der Waals surface area contributed by atoms with Crippen LogP contribution in [0.5, 0.6) is 5.75 Å². The van der Waals surface area contributed by atoms with Gasteiger partial charge in [-0.2, -0.15) is 4.31 Å². The summed E-state index contributed by atoms with van der Waals surface area (Å²) >= 11 is 0. The van der Waals surface area contributed by atoms with Crippen LogP contribution in [-0.4, -0.2) is 52.7 Å². The van der Waals surface area contributed by atoms with Crippen LogP contribution < -0.4 is 15.0 Å². The molecule has 0 radical (unpaired) electrons. The fourth-order valence-corrected chi connectivity index (χ4v) is 4.13. The topological polar surface area (TPSA) is 82.0 Å². The molecule has 1 aromatic heterocycles. The second-order valence-corrected chi connectivity index (χ2v) is 7.92. The number of ether oxygens (including phenoxy) is 2. The smallest absolute Gasteiger partial charge is 0.272 e. The first-order chi connectivity index (χ1) is 12.6. The van der Waals surface area contributed by atoms with Gasteiger partial charge in [-0.3, -0.25) is 5.32 Å². The van der Waals surface area contributed by atoms with Crippen LogP contribution in [0.2, 0.25) is 0 Å². The van der Waals surface area contributed by atoms with E-state index in [0.717, 1.165) is 24.5 Å². The summed E-state index contributed by atoms with van der Waals surface area (Å²) < 4.78 is 37.0. The van der Waals surface area contributed by atoms with Crippen LogP contribution in [0.25, 0.3) is 0 Å². The maximum Gasteiger partial charge on any atom is 0.272 e. The monoisotopic (exact) mass is 378 g/mol. The molecule has 2 heterocycles. The predicted molar refractivity (Wildman–Crippen MR) is 97.8 cm³/mol. The largest absolute Gasteiger partial charge is 0.497 e. The molecule has 0 atom stereocenters. The summed E-state index contributed by atoms with van der Waals surface area (Å²) in [6, 6.07) is 11.3. The van der Waals surface area contributed by atoms with Crippen molar-refractivity contribution in [2.24, 2.45) is 0 Å². The van der Waals surface area contributed by atoms with Crippen molar-refractivity contribution in [3.63, 3.8) is 0 Å². The number of aromatic amines is 1. The number of pyridine rings is 1. The van der Waals surface area contributed by atoms with E-state index in [2.05, 4.69) is 10.3 Å². The molecule has 0 bridgehead atoms. The fourth-order valence-electron chi connectivity index (χ4n) is 2.75. The number of nitrogens with zero attached hydrogens (tertiary/aromatic N) is 1. The molecule has 1 aliphatic heterocycles. The molecule has 3 rings (SSSR count). The summed E-state index contributed by atoms with van der Waals surface area (Å²) in [5.41, 5.74) is 1.20. The SMILES string of the molecule is COc1ccc(CCNc2ccc(S(=O)(=O)N3CCOCC3)c[nH+]2)cc1. The van der Waals surface area contributed by atoms with Crippen molar-refractivity contribution in [3.8, 4) is 5.75 Å². The number of H-pyrrole nitrogens is 1. The van der Waals surface area contributed by atoms with Crippen LogP contribution in [0, 0.1) is 0 Å². The number of benzene rings is 1. The molecule has 0 spiro atoms. The Balaban J connectivity index is 1.55. The van der Waals surface area contributed by atoms with E-state index in [0.29, 0.717) is 26.3 Å². The summed E-state index contributed by atoms with van der Waals surface area (Å²) in [4.78, 5) is 3.28. The number of nitrogens with one attached hydrogen (secondary N) is 2. The molecule has 7 nitrogen and oxygen atoms in total. The molecule has 1 saturated heterocycles. The minimum Gasteiger partial charge on any atom is -0.497 e. The number of rotatable bonds is 7. The second kappa shape index (κ2) is 8.48. The molecule has 2 aromatic rings. The van der Waals surface area contributed by atoms with E-state index < -0.39 is 10.0 Å². The Morgan fingerprint density at radius 2 is 1.88 bits per heavy atom. The average Bonchev–Trinajstić information content (AvgIpc) is 2.69. The summed E-state index contributed by atoms with van der Waals surface area (Å²) in [7, 11) is -1.82. The highest BCUT2D eigenvalue weighted by Gasteiger charge is 2.27. The zero-order valence-electron chi connectivity index (χ0n) is 14.8. The molecule has 0 saturated carbocycles. The predicted octanol–water partition coefficient (Wildman–Crippen LogP) is 1.18. The van der Waals surface area contributed by atoms with Gasteiger partial charge in [-0.05, 0) is 23.8 Å². The van der Waals surface area contributed by atoms with E-state index in [4.69, 9.17) is 9.47 Å². The molecule has 8 heteroatoms. The number of aromatic nitrogens is 1. The minimum absolute atomic E-state index is 0.264. The Bertz CT molecular complexity index is 801. The number of hydrogen-bond acceptors (Lipinski definition) is 5. The van der Waals surface area contributed by atoms with Crippen molar-refractivity contribution in [3.05, 3.63) is 48.2 Å². The van der Waals surface area contributed by atoms with E-state index in [9.17, 15) is 8.42 Å². The van der Waals surface area contributed by atoms with E-state index >= 15 is 0 Å². The third-order valence-corrected chi connectivity index (χ3v) is 6.17. The molecule has 0 unspecified atom stereocenters. The number of hydrogen-bond donors (Lipinski definition) is 1. The van der Waals surface area contributed by atoms with Crippen molar-refractivity contribution in [2.45, 2.75) is 11.3 Å². The Morgan fingerprint density at radius 3 is 2.50 bits per heavy atom. The Kier molecular flexibility index (Phi) is 6.08. The third-order valence-electron chi connectivity index (χ3n) is 4.28. The van der Waals surface area contributed by atoms with Crippen molar-refractivity contribution < 1.29 is 22.9 Å². The van der Waals surface area contributed by atoms with Gasteiger partial charge in [-0.25, -0.2) is 13.4 Å². The molecule has 0 aliphatic carbocycles. The lowest BCUT2D eigenvalue weighted by molar-refractivity contribution is -0.364. The lowest BCUT2D eigenvalue weighted by Crippen LogP contribution is -2.40. The number of methoxy groups -OCH3 is 1. The molecule has 0 amide bonds. The third kappa shape index (κ3) is 4.51.